The largest absolute Gasteiger partial charge is 0.434 e. The van der Waals surface area contributed by atoms with Gasteiger partial charge in [0.2, 0.25) is 0 Å². The number of alkyl halides is 3. The van der Waals surface area contributed by atoms with Crippen molar-refractivity contribution < 1.29 is 22.7 Å². The number of hydrogen-bond donors (Lipinski definition) is 1. The number of nitrogens with one attached hydrogen (secondary N) is 1. The highest BCUT2D eigenvalue weighted by Crippen LogP contribution is 2.33. The number of carbonyl (C=O) groups is 1. The molecule has 2 heterocycles. The predicted octanol–water partition coefficient (Wildman–Crippen LogP) is 1.66. The molecule has 9 heteroatoms. The van der Waals surface area contributed by atoms with Crippen LogP contribution in [0, 0.1) is 0 Å². The smallest absolute Gasteiger partial charge is 0.383 e. The summed E-state index contributed by atoms with van der Waals surface area (Å²) in [7, 11) is 1.42. The van der Waals surface area contributed by atoms with E-state index < -0.39 is 23.3 Å². The van der Waals surface area contributed by atoms with Gasteiger partial charge in [-0.2, -0.15) is 18.3 Å². The van der Waals surface area contributed by atoms with Crippen molar-refractivity contribution in [3.63, 3.8) is 0 Å². The van der Waals surface area contributed by atoms with Crippen molar-refractivity contribution in [1.82, 2.24) is 20.1 Å². The summed E-state index contributed by atoms with van der Waals surface area (Å²) in [4.78, 5) is 15.7. The molecule has 6 nitrogen and oxygen atoms in total. The van der Waals surface area contributed by atoms with Gasteiger partial charge < -0.3 is 10.1 Å². The molecule has 2 rings (SSSR count). The average Bonchev–Trinajstić information content (AvgIpc) is 2.93. The van der Waals surface area contributed by atoms with E-state index in [1.54, 1.807) is 6.07 Å². The Hall–Kier alpha value is -2.42. The van der Waals surface area contributed by atoms with Gasteiger partial charge in [-0.15, -0.1) is 0 Å². The molecule has 0 aromatic carbocycles. The number of halogens is 3. The number of aromatic nitrogens is 3. The van der Waals surface area contributed by atoms with Crippen LogP contribution in [-0.4, -0.2) is 40.9 Å². The molecule has 0 atom stereocenters. The monoisotopic (exact) mass is 314 g/mol. The molecule has 0 saturated heterocycles. The van der Waals surface area contributed by atoms with E-state index in [1.165, 1.54) is 25.4 Å². The standard InChI is InChI=1S/C13H13F3N4O2/c1-22-7-6-18-12(21)9-8-19-20(11(9)13(14,15)16)10-4-2-3-5-17-10/h2-5,8H,6-7H2,1H3,(H,18,21). The van der Waals surface area contributed by atoms with Gasteiger partial charge in [0.1, 0.15) is 0 Å². The molecule has 0 aliphatic rings. The quantitative estimate of drug-likeness (QED) is 0.852. The van der Waals surface area contributed by atoms with Crippen molar-refractivity contribution in [3.8, 4) is 5.82 Å². The Labute approximate surface area is 123 Å². The first-order valence-corrected chi connectivity index (χ1v) is 6.29. The van der Waals surface area contributed by atoms with Crippen molar-refractivity contribution in [2.24, 2.45) is 0 Å². The van der Waals surface area contributed by atoms with Crippen LogP contribution in [0.4, 0.5) is 13.2 Å². The molecule has 0 aliphatic carbocycles. The van der Waals surface area contributed by atoms with Gasteiger partial charge in [-0.3, -0.25) is 4.79 Å². The van der Waals surface area contributed by atoms with Crippen LogP contribution in [0.25, 0.3) is 5.82 Å². The van der Waals surface area contributed by atoms with Gasteiger partial charge in [0.15, 0.2) is 11.5 Å². The molecule has 0 saturated carbocycles. The number of amides is 1. The van der Waals surface area contributed by atoms with Crippen LogP contribution in [0.15, 0.2) is 30.6 Å². The van der Waals surface area contributed by atoms with Gasteiger partial charge in [-0.05, 0) is 12.1 Å². The zero-order chi connectivity index (χ0) is 16.2. The molecule has 118 valence electrons. The van der Waals surface area contributed by atoms with E-state index in [9.17, 15) is 18.0 Å². The molecule has 0 unspecified atom stereocenters. The fraction of sp³-hybridized carbons (Fsp3) is 0.308. The summed E-state index contributed by atoms with van der Waals surface area (Å²) >= 11 is 0. The van der Waals surface area contributed by atoms with Gasteiger partial charge in [-0.1, -0.05) is 6.07 Å². The molecule has 0 spiro atoms. The Bertz CT molecular complexity index is 640. The third-order valence-electron chi connectivity index (χ3n) is 2.74. The molecular formula is C13H13F3N4O2. The molecule has 1 amide bonds. The minimum Gasteiger partial charge on any atom is -0.383 e. The molecular weight excluding hydrogens is 301 g/mol. The Morgan fingerprint density at radius 1 is 1.41 bits per heavy atom. The topological polar surface area (TPSA) is 69.0 Å². The lowest BCUT2D eigenvalue weighted by Crippen LogP contribution is -2.29. The van der Waals surface area contributed by atoms with Crippen LogP contribution in [0.3, 0.4) is 0 Å². The summed E-state index contributed by atoms with van der Waals surface area (Å²) in [5.74, 6) is -0.891. The number of rotatable bonds is 5. The minimum atomic E-state index is -4.75. The zero-order valence-electron chi connectivity index (χ0n) is 11.6. The molecule has 22 heavy (non-hydrogen) atoms. The summed E-state index contributed by atoms with van der Waals surface area (Å²) in [5, 5.41) is 5.98. The van der Waals surface area contributed by atoms with E-state index in [0.29, 0.717) is 4.68 Å². The third kappa shape index (κ3) is 3.42. The van der Waals surface area contributed by atoms with Crippen molar-refractivity contribution in [2.75, 3.05) is 20.3 Å². The summed E-state index contributed by atoms with van der Waals surface area (Å²) in [6.07, 6.45) is -2.53. The number of methoxy groups -OCH3 is 1. The van der Waals surface area contributed by atoms with E-state index >= 15 is 0 Å². The second-order valence-corrected chi connectivity index (χ2v) is 4.25. The van der Waals surface area contributed by atoms with E-state index in [1.807, 2.05) is 0 Å². The molecule has 0 bridgehead atoms. The first-order chi connectivity index (χ1) is 10.4. The lowest BCUT2D eigenvalue weighted by Gasteiger charge is -2.12. The maximum absolute atomic E-state index is 13.3. The first-order valence-electron chi connectivity index (χ1n) is 6.29. The molecule has 0 aliphatic heterocycles. The normalized spacial score (nSPS) is 11.5. The zero-order valence-corrected chi connectivity index (χ0v) is 11.6. The van der Waals surface area contributed by atoms with E-state index in [-0.39, 0.29) is 19.0 Å². The van der Waals surface area contributed by atoms with Gasteiger partial charge in [0.05, 0.1) is 18.4 Å². The molecule has 0 radical (unpaired) electrons. The number of hydrogen-bond acceptors (Lipinski definition) is 4. The Morgan fingerprint density at radius 3 is 2.77 bits per heavy atom. The van der Waals surface area contributed by atoms with Gasteiger partial charge in [0, 0.05) is 19.9 Å². The summed E-state index contributed by atoms with van der Waals surface area (Å²) in [5.41, 5.74) is -1.73. The van der Waals surface area contributed by atoms with E-state index in [4.69, 9.17) is 4.74 Å². The van der Waals surface area contributed by atoms with Crippen molar-refractivity contribution >= 4 is 5.91 Å². The van der Waals surface area contributed by atoms with Crippen LogP contribution in [-0.2, 0) is 10.9 Å². The first kappa shape index (κ1) is 16.0. The SMILES string of the molecule is COCCNC(=O)c1cnn(-c2ccccn2)c1C(F)(F)F. The second-order valence-electron chi connectivity index (χ2n) is 4.25. The number of ether oxygens (including phenoxy) is 1. The molecule has 2 aromatic rings. The van der Waals surface area contributed by atoms with Gasteiger partial charge in [-0.25, -0.2) is 9.67 Å². The molecule has 2 aromatic heterocycles. The van der Waals surface area contributed by atoms with Crippen LogP contribution in [0.5, 0.6) is 0 Å². The maximum Gasteiger partial charge on any atom is 0.434 e. The van der Waals surface area contributed by atoms with Crippen molar-refractivity contribution in [3.05, 3.63) is 41.9 Å². The Kier molecular flexibility index (Phi) is 4.76. The minimum absolute atomic E-state index is 0.0224. The Morgan fingerprint density at radius 2 is 2.18 bits per heavy atom. The lowest BCUT2D eigenvalue weighted by atomic mass is 10.2. The highest BCUT2D eigenvalue weighted by Gasteiger charge is 2.40. The number of nitrogens with zero attached hydrogens (tertiary/aromatic N) is 3. The van der Waals surface area contributed by atoms with E-state index in [0.717, 1.165) is 6.20 Å². The van der Waals surface area contributed by atoms with Crippen molar-refractivity contribution in [2.45, 2.75) is 6.18 Å². The molecule has 1 N–H and O–H groups in total. The lowest BCUT2D eigenvalue weighted by molar-refractivity contribution is -0.143. The van der Waals surface area contributed by atoms with Crippen LogP contribution in [0.2, 0.25) is 0 Å². The highest BCUT2D eigenvalue weighted by atomic mass is 19.4. The highest BCUT2D eigenvalue weighted by molar-refractivity contribution is 5.95. The fourth-order valence-corrected chi connectivity index (χ4v) is 1.80. The van der Waals surface area contributed by atoms with Crippen LogP contribution < -0.4 is 5.32 Å². The average molecular weight is 314 g/mol. The third-order valence-corrected chi connectivity index (χ3v) is 2.74. The van der Waals surface area contributed by atoms with Gasteiger partial charge in [0.25, 0.3) is 5.91 Å². The van der Waals surface area contributed by atoms with Crippen LogP contribution in [0.1, 0.15) is 16.1 Å². The summed E-state index contributed by atoms with van der Waals surface area (Å²) in [6.45, 7) is 0.295. The second kappa shape index (κ2) is 6.56. The number of carbonyl (C=O) groups excluding carboxylic acids is 1. The van der Waals surface area contributed by atoms with Crippen molar-refractivity contribution in [1.29, 1.82) is 0 Å². The summed E-state index contributed by atoms with van der Waals surface area (Å²) in [6, 6.07) is 4.47. The summed E-state index contributed by atoms with van der Waals surface area (Å²) < 4.78 is 45.2. The fourth-order valence-electron chi connectivity index (χ4n) is 1.80. The van der Waals surface area contributed by atoms with E-state index in [2.05, 4.69) is 15.4 Å². The van der Waals surface area contributed by atoms with Gasteiger partial charge >= 0.3 is 6.18 Å². The maximum atomic E-state index is 13.3. The Balaban J connectivity index is 2.40. The predicted molar refractivity (Wildman–Crippen MR) is 70.6 cm³/mol. The van der Waals surface area contributed by atoms with Crippen LogP contribution >= 0.6 is 0 Å². The molecule has 0 fully saturated rings. The number of pyridine rings is 1.